The van der Waals surface area contributed by atoms with Crippen molar-refractivity contribution in [3.63, 3.8) is 0 Å². The van der Waals surface area contributed by atoms with Crippen LogP contribution in [0.2, 0.25) is 0 Å². The van der Waals surface area contributed by atoms with E-state index in [9.17, 15) is 5.11 Å². The molecule has 2 nitrogen and oxygen atoms in total. The fourth-order valence-electron chi connectivity index (χ4n) is 3.59. The Bertz CT molecular complexity index is 390. The van der Waals surface area contributed by atoms with Crippen LogP contribution >= 0.6 is 0 Å². The number of benzene rings is 1. The van der Waals surface area contributed by atoms with Crippen LogP contribution in [0.5, 0.6) is 0 Å². The standard InChI is InChI=1S/C18H29NO/c1-13(2)16-10-9-14(3)11-17(16)19-18(12-20)15-7-5-4-6-8-15/h4-8,13-14,16-20H,9-12H2,1-3H3/t14?,16?,17?,18-/m0/s1. The zero-order valence-electron chi connectivity index (χ0n) is 13.0. The van der Waals surface area contributed by atoms with Crippen LogP contribution < -0.4 is 5.32 Å². The minimum Gasteiger partial charge on any atom is -0.394 e. The van der Waals surface area contributed by atoms with Gasteiger partial charge in [-0.3, -0.25) is 0 Å². The Morgan fingerprint density at radius 2 is 1.90 bits per heavy atom. The van der Waals surface area contributed by atoms with E-state index in [0.29, 0.717) is 12.0 Å². The highest BCUT2D eigenvalue weighted by Crippen LogP contribution is 2.34. The first-order valence-electron chi connectivity index (χ1n) is 8.03. The minimum atomic E-state index is 0.0627. The molecule has 2 N–H and O–H groups in total. The maximum absolute atomic E-state index is 9.74. The van der Waals surface area contributed by atoms with E-state index in [1.165, 1.54) is 24.8 Å². The van der Waals surface area contributed by atoms with E-state index >= 15 is 0 Å². The molecule has 2 rings (SSSR count). The zero-order valence-corrected chi connectivity index (χ0v) is 13.0. The Morgan fingerprint density at radius 3 is 2.50 bits per heavy atom. The molecule has 20 heavy (non-hydrogen) atoms. The zero-order chi connectivity index (χ0) is 14.5. The van der Waals surface area contributed by atoms with Crippen LogP contribution in [0.4, 0.5) is 0 Å². The molecule has 0 aromatic heterocycles. The third-order valence-corrected chi connectivity index (χ3v) is 4.82. The molecule has 1 saturated carbocycles. The van der Waals surface area contributed by atoms with Gasteiger partial charge in [-0.05, 0) is 36.2 Å². The second-order valence-corrected chi connectivity index (χ2v) is 6.75. The average molecular weight is 275 g/mol. The lowest BCUT2D eigenvalue weighted by Crippen LogP contribution is -2.45. The van der Waals surface area contributed by atoms with Gasteiger partial charge >= 0.3 is 0 Å². The van der Waals surface area contributed by atoms with Crippen molar-refractivity contribution < 1.29 is 5.11 Å². The second kappa shape index (κ2) is 7.24. The summed E-state index contributed by atoms with van der Waals surface area (Å²) in [6, 6.07) is 10.9. The third kappa shape index (κ3) is 3.83. The normalized spacial score (nSPS) is 28.6. The quantitative estimate of drug-likeness (QED) is 0.857. The molecule has 1 aromatic rings. The summed E-state index contributed by atoms with van der Waals surface area (Å²) in [5, 5.41) is 13.5. The predicted molar refractivity (Wildman–Crippen MR) is 84.5 cm³/mol. The summed E-state index contributed by atoms with van der Waals surface area (Å²) in [6.07, 6.45) is 3.88. The van der Waals surface area contributed by atoms with Crippen molar-refractivity contribution in [3.8, 4) is 0 Å². The lowest BCUT2D eigenvalue weighted by atomic mass is 9.73. The molecular weight excluding hydrogens is 246 g/mol. The highest BCUT2D eigenvalue weighted by Gasteiger charge is 2.32. The van der Waals surface area contributed by atoms with Gasteiger partial charge in [0.1, 0.15) is 0 Å². The van der Waals surface area contributed by atoms with Gasteiger partial charge in [0.25, 0.3) is 0 Å². The van der Waals surface area contributed by atoms with Crippen molar-refractivity contribution in [3.05, 3.63) is 35.9 Å². The van der Waals surface area contributed by atoms with E-state index in [-0.39, 0.29) is 12.6 Å². The van der Waals surface area contributed by atoms with Gasteiger partial charge in [-0.1, -0.05) is 57.5 Å². The highest BCUT2D eigenvalue weighted by molar-refractivity contribution is 5.19. The van der Waals surface area contributed by atoms with E-state index < -0.39 is 0 Å². The Hall–Kier alpha value is -0.860. The van der Waals surface area contributed by atoms with E-state index in [2.05, 4.69) is 38.2 Å². The Labute approximate surface area is 123 Å². The van der Waals surface area contributed by atoms with Gasteiger partial charge in [-0.15, -0.1) is 0 Å². The van der Waals surface area contributed by atoms with Crippen LogP contribution in [-0.2, 0) is 0 Å². The fourth-order valence-corrected chi connectivity index (χ4v) is 3.59. The molecule has 4 atom stereocenters. The first-order chi connectivity index (χ1) is 9.61. The van der Waals surface area contributed by atoms with Gasteiger partial charge in [0.15, 0.2) is 0 Å². The summed E-state index contributed by atoms with van der Waals surface area (Å²) in [6.45, 7) is 7.17. The summed E-state index contributed by atoms with van der Waals surface area (Å²) < 4.78 is 0. The van der Waals surface area contributed by atoms with Gasteiger partial charge in [-0.2, -0.15) is 0 Å². The van der Waals surface area contributed by atoms with Crippen LogP contribution in [0.3, 0.4) is 0 Å². The molecular formula is C18H29NO. The van der Waals surface area contributed by atoms with Gasteiger partial charge in [0.05, 0.1) is 12.6 Å². The van der Waals surface area contributed by atoms with Crippen LogP contribution in [0, 0.1) is 17.8 Å². The van der Waals surface area contributed by atoms with Crippen molar-refractivity contribution in [1.29, 1.82) is 0 Å². The molecule has 0 amide bonds. The number of hydrogen-bond acceptors (Lipinski definition) is 2. The minimum absolute atomic E-state index is 0.0627. The number of aliphatic hydroxyl groups excluding tert-OH is 1. The molecule has 3 unspecified atom stereocenters. The summed E-state index contributed by atoms with van der Waals surface area (Å²) >= 11 is 0. The molecule has 2 heteroatoms. The fraction of sp³-hybridized carbons (Fsp3) is 0.667. The van der Waals surface area contributed by atoms with Crippen molar-refractivity contribution in [2.45, 2.75) is 52.1 Å². The topological polar surface area (TPSA) is 32.3 Å². The molecule has 0 heterocycles. The summed E-state index contributed by atoms with van der Waals surface area (Å²) in [5.41, 5.74) is 1.19. The predicted octanol–water partition coefficient (Wildman–Crippen LogP) is 3.77. The second-order valence-electron chi connectivity index (χ2n) is 6.75. The molecule has 0 saturated heterocycles. The van der Waals surface area contributed by atoms with Crippen molar-refractivity contribution in [1.82, 2.24) is 5.32 Å². The molecule has 1 aliphatic carbocycles. The molecule has 1 fully saturated rings. The van der Waals surface area contributed by atoms with E-state index in [1.807, 2.05) is 18.2 Å². The van der Waals surface area contributed by atoms with Crippen molar-refractivity contribution >= 4 is 0 Å². The average Bonchev–Trinajstić information content (AvgIpc) is 2.45. The Balaban J connectivity index is 2.08. The molecule has 0 radical (unpaired) electrons. The number of nitrogens with one attached hydrogen (secondary N) is 1. The third-order valence-electron chi connectivity index (χ3n) is 4.82. The Morgan fingerprint density at radius 1 is 1.20 bits per heavy atom. The van der Waals surface area contributed by atoms with Gasteiger partial charge in [-0.25, -0.2) is 0 Å². The smallest absolute Gasteiger partial charge is 0.0626 e. The van der Waals surface area contributed by atoms with E-state index in [4.69, 9.17) is 0 Å². The van der Waals surface area contributed by atoms with Crippen molar-refractivity contribution in [2.75, 3.05) is 6.61 Å². The summed E-state index contributed by atoms with van der Waals surface area (Å²) in [7, 11) is 0. The number of aliphatic hydroxyl groups is 1. The monoisotopic (exact) mass is 275 g/mol. The van der Waals surface area contributed by atoms with Gasteiger partial charge < -0.3 is 10.4 Å². The first kappa shape index (κ1) is 15.5. The summed E-state index contributed by atoms with van der Waals surface area (Å²) in [5.74, 6) is 2.22. The van der Waals surface area contributed by atoms with Crippen LogP contribution in [0.15, 0.2) is 30.3 Å². The van der Waals surface area contributed by atoms with Crippen LogP contribution in [-0.4, -0.2) is 17.8 Å². The molecule has 0 spiro atoms. The lowest BCUT2D eigenvalue weighted by molar-refractivity contribution is 0.140. The SMILES string of the molecule is CC1CCC(C(C)C)C(N[C@@H](CO)c2ccccc2)C1. The maximum Gasteiger partial charge on any atom is 0.0626 e. The Kier molecular flexibility index (Phi) is 5.62. The maximum atomic E-state index is 9.74. The van der Waals surface area contributed by atoms with E-state index in [0.717, 1.165) is 11.8 Å². The highest BCUT2D eigenvalue weighted by atomic mass is 16.3. The van der Waals surface area contributed by atoms with Gasteiger partial charge in [0, 0.05) is 6.04 Å². The molecule has 0 aliphatic heterocycles. The largest absolute Gasteiger partial charge is 0.394 e. The van der Waals surface area contributed by atoms with Gasteiger partial charge in [0.2, 0.25) is 0 Å². The van der Waals surface area contributed by atoms with Crippen molar-refractivity contribution in [2.24, 2.45) is 17.8 Å². The molecule has 1 aliphatic rings. The summed E-state index contributed by atoms with van der Waals surface area (Å²) in [4.78, 5) is 0. The molecule has 112 valence electrons. The molecule has 1 aromatic carbocycles. The van der Waals surface area contributed by atoms with E-state index in [1.54, 1.807) is 0 Å². The number of hydrogen-bond donors (Lipinski definition) is 2. The first-order valence-corrected chi connectivity index (χ1v) is 8.03. The van der Waals surface area contributed by atoms with Crippen LogP contribution in [0.1, 0.15) is 51.6 Å². The number of rotatable bonds is 5. The van der Waals surface area contributed by atoms with Crippen LogP contribution in [0.25, 0.3) is 0 Å². The molecule has 0 bridgehead atoms. The lowest BCUT2D eigenvalue weighted by Gasteiger charge is -2.39.